The number of carbonyl (C=O) groups is 1. The van der Waals surface area contributed by atoms with Gasteiger partial charge < -0.3 is 15.5 Å². The molecule has 0 aliphatic heterocycles. The molecule has 0 radical (unpaired) electrons. The highest BCUT2D eigenvalue weighted by atomic mass is 32.2. The van der Waals surface area contributed by atoms with Crippen LogP contribution in [-0.2, 0) is 4.79 Å². The number of thioether (sulfide) groups is 1. The predicted molar refractivity (Wildman–Crippen MR) is 58.7 cm³/mol. The van der Waals surface area contributed by atoms with E-state index in [0.29, 0.717) is 6.42 Å². The van der Waals surface area contributed by atoms with Gasteiger partial charge in [-0.25, -0.2) is 0 Å². The highest BCUT2D eigenvalue weighted by Gasteiger charge is 2.30. The fourth-order valence-electron chi connectivity index (χ4n) is 0.884. The minimum atomic E-state index is -0.827. The molecule has 0 aliphatic carbocycles. The predicted octanol–water partition coefficient (Wildman–Crippen LogP) is 0.555. The Labute approximate surface area is 89.1 Å². The summed E-state index contributed by atoms with van der Waals surface area (Å²) in [5.74, 6) is 0.863. The first-order valence-corrected chi connectivity index (χ1v) is 5.83. The zero-order chi connectivity index (χ0) is 11.0. The average Bonchev–Trinajstić information content (AvgIpc) is 2.17. The highest BCUT2D eigenvalue weighted by Crippen LogP contribution is 2.14. The summed E-state index contributed by atoms with van der Waals surface area (Å²) in [6.07, 6.45) is 1.36. The van der Waals surface area contributed by atoms with Crippen LogP contribution in [0.15, 0.2) is 0 Å². The smallest absolute Gasteiger partial charge is 0.323 e. The zero-order valence-corrected chi connectivity index (χ0v) is 9.56. The van der Waals surface area contributed by atoms with Crippen molar-refractivity contribution < 1.29 is 15.0 Å². The van der Waals surface area contributed by atoms with Gasteiger partial charge in [0.15, 0.2) is 0 Å². The maximum atomic E-state index is 10.9. The van der Waals surface area contributed by atoms with Crippen LogP contribution in [0.4, 0.5) is 0 Å². The summed E-state index contributed by atoms with van der Waals surface area (Å²) in [7, 11) is 1.66. The second-order valence-electron chi connectivity index (χ2n) is 3.33. The van der Waals surface area contributed by atoms with Gasteiger partial charge in [-0.3, -0.25) is 4.79 Å². The molecule has 14 heavy (non-hydrogen) atoms. The van der Waals surface area contributed by atoms with Gasteiger partial charge in [-0.05, 0) is 38.3 Å². The molecular formula is C9H19NO3S. The van der Waals surface area contributed by atoms with E-state index in [1.165, 1.54) is 0 Å². The van der Waals surface area contributed by atoms with E-state index in [4.69, 9.17) is 10.2 Å². The van der Waals surface area contributed by atoms with Gasteiger partial charge in [0.1, 0.15) is 5.54 Å². The molecule has 0 spiro atoms. The molecule has 0 heterocycles. The Kier molecular flexibility index (Phi) is 6.96. The Hall–Kier alpha value is -0.260. The second-order valence-corrected chi connectivity index (χ2v) is 4.55. The molecule has 84 valence electrons. The standard InChI is InChI=1S/C9H19NO3S/c1-9(10-2,8(12)13)4-7-14-6-3-5-11/h10-11H,3-7H2,1-2H3,(H,12,13). The number of hydrogen-bond acceptors (Lipinski definition) is 4. The number of likely N-dealkylation sites (N-methyl/N-ethyl adjacent to an activating group) is 1. The van der Waals surface area contributed by atoms with Crippen molar-refractivity contribution in [2.75, 3.05) is 25.2 Å². The fourth-order valence-corrected chi connectivity index (χ4v) is 1.97. The van der Waals surface area contributed by atoms with Gasteiger partial charge in [0.2, 0.25) is 0 Å². The molecule has 1 atom stereocenters. The van der Waals surface area contributed by atoms with Gasteiger partial charge in [-0.1, -0.05) is 0 Å². The summed E-state index contributed by atoms with van der Waals surface area (Å²) in [6, 6.07) is 0. The van der Waals surface area contributed by atoms with Crippen molar-refractivity contribution in [3.8, 4) is 0 Å². The van der Waals surface area contributed by atoms with Gasteiger partial charge in [0, 0.05) is 6.61 Å². The van der Waals surface area contributed by atoms with Gasteiger partial charge in [-0.15, -0.1) is 0 Å². The lowest BCUT2D eigenvalue weighted by Crippen LogP contribution is -2.47. The van der Waals surface area contributed by atoms with Crippen LogP contribution in [0.3, 0.4) is 0 Å². The largest absolute Gasteiger partial charge is 0.480 e. The highest BCUT2D eigenvalue weighted by molar-refractivity contribution is 7.99. The third-order valence-corrected chi connectivity index (χ3v) is 3.29. The van der Waals surface area contributed by atoms with Gasteiger partial charge in [0.05, 0.1) is 0 Å². The molecule has 0 saturated carbocycles. The van der Waals surface area contributed by atoms with E-state index >= 15 is 0 Å². The van der Waals surface area contributed by atoms with E-state index in [0.717, 1.165) is 17.9 Å². The monoisotopic (exact) mass is 221 g/mol. The maximum Gasteiger partial charge on any atom is 0.323 e. The molecule has 0 rings (SSSR count). The molecule has 4 nitrogen and oxygen atoms in total. The van der Waals surface area contributed by atoms with Gasteiger partial charge in [0.25, 0.3) is 0 Å². The third-order valence-electron chi connectivity index (χ3n) is 2.22. The summed E-state index contributed by atoms with van der Waals surface area (Å²) in [4.78, 5) is 10.9. The lowest BCUT2D eigenvalue weighted by atomic mass is 10.00. The molecule has 0 saturated heterocycles. The van der Waals surface area contributed by atoms with Crippen molar-refractivity contribution >= 4 is 17.7 Å². The van der Waals surface area contributed by atoms with Crippen LogP contribution >= 0.6 is 11.8 Å². The lowest BCUT2D eigenvalue weighted by molar-refractivity contribution is -0.144. The summed E-state index contributed by atoms with van der Waals surface area (Å²) in [6.45, 7) is 1.89. The third kappa shape index (κ3) is 4.83. The molecule has 1 unspecified atom stereocenters. The van der Waals surface area contributed by atoms with E-state index in [9.17, 15) is 4.79 Å². The van der Waals surface area contributed by atoms with Crippen LogP contribution in [0.1, 0.15) is 19.8 Å². The van der Waals surface area contributed by atoms with Crippen molar-refractivity contribution in [1.29, 1.82) is 0 Å². The molecular weight excluding hydrogens is 202 g/mol. The Morgan fingerprint density at radius 2 is 2.14 bits per heavy atom. The minimum absolute atomic E-state index is 0.204. The van der Waals surface area contributed by atoms with Crippen molar-refractivity contribution in [3.63, 3.8) is 0 Å². The number of hydrogen-bond donors (Lipinski definition) is 3. The molecule has 0 aromatic heterocycles. The fraction of sp³-hybridized carbons (Fsp3) is 0.889. The molecule has 0 aromatic rings. The van der Waals surface area contributed by atoms with E-state index < -0.39 is 11.5 Å². The summed E-state index contributed by atoms with van der Waals surface area (Å²) in [5.41, 5.74) is -0.827. The van der Waals surface area contributed by atoms with Crippen LogP contribution < -0.4 is 5.32 Å². The van der Waals surface area contributed by atoms with Crippen molar-refractivity contribution in [3.05, 3.63) is 0 Å². The molecule has 0 fully saturated rings. The van der Waals surface area contributed by atoms with Gasteiger partial charge in [-0.2, -0.15) is 11.8 Å². The summed E-state index contributed by atoms with van der Waals surface area (Å²) >= 11 is 1.67. The molecule has 3 N–H and O–H groups in total. The second kappa shape index (κ2) is 7.09. The van der Waals surface area contributed by atoms with E-state index in [1.54, 1.807) is 25.7 Å². The Morgan fingerprint density at radius 3 is 2.57 bits per heavy atom. The number of rotatable bonds is 8. The van der Waals surface area contributed by atoms with Crippen LogP contribution in [-0.4, -0.2) is 46.9 Å². The number of carboxylic acid groups (broad SMARTS) is 1. The number of aliphatic hydroxyl groups is 1. The van der Waals surface area contributed by atoms with Crippen molar-refractivity contribution in [2.45, 2.75) is 25.3 Å². The van der Waals surface area contributed by atoms with E-state index in [-0.39, 0.29) is 6.61 Å². The number of aliphatic carboxylic acids is 1. The Balaban J connectivity index is 3.68. The molecule has 0 aromatic carbocycles. The normalized spacial score (nSPS) is 15.1. The maximum absolute atomic E-state index is 10.9. The van der Waals surface area contributed by atoms with Crippen molar-refractivity contribution in [1.82, 2.24) is 5.32 Å². The van der Waals surface area contributed by atoms with E-state index in [1.807, 2.05) is 0 Å². The molecule has 0 aliphatic rings. The zero-order valence-electron chi connectivity index (χ0n) is 8.75. The average molecular weight is 221 g/mol. The number of carboxylic acids is 1. The summed E-state index contributed by atoms with van der Waals surface area (Å²) < 4.78 is 0. The van der Waals surface area contributed by atoms with Crippen molar-refractivity contribution in [2.24, 2.45) is 0 Å². The van der Waals surface area contributed by atoms with Crippen LogP contribution in [0.25, 0.3) is 0 Å². The molecule has 0 amide bonds. The van der Waals surface area contributed by atoms with Crippen LogP contribution in [0, 0.1) is 0 Å². The SMILES string of the molecule is CNC(C)(CCSCCCO)C(=O)O. The lowest BCUT2D eigenvalue weighted by Gasteiger charge is -2.23. The van der Waals surface area contributed by atoms with Gasteiger partial charge >= 0.3 is 5.97 Å². The minimum Gasteiger partial charge on any atom is -0.480 e. The number of nitrogens with one attached hydrogen (secondary N) is 1. The quantitative estimate of drug-likeness (QED) is 0.522. The van der Waals surface area contributed by atoms with Crippen LogP contribution in [0.5, 0.6) is 0 Å². The Bertz CT molecular complexity index is 177. The first kappa shape index (κ1) is 13.7. The molecule has 0 bridgehead atoms. The Morgan fingerprint density at radius 1 is 1.50 bits per heavy atom. The first-order valence-electron chi connectivity index (χ1n) is 4.67. The first-order chi connectivity index (χ1) is 6.56. The number of aliphatic hydroxyl groups excluding tert-OH is 1. The molecule has 5 heteroatoms. The van der Waals surface area contributed by atoms with Crippen LogP contribution in [0.2, 0.25) is 0 Å². The topological polar surface area (TPSA) is 69.6 Å². The summed E-state index contributed by atoms with van der Waals surface area (Å²) in [5, 5.41) is 20.3. The van der Waals surface area contributed by atoms with E-state index in [2.05, 4.69) is 5.32 Å².